The Balaban J connectivity index is 1.41. The molecule has 1 fully saturated rings. The van der Waals surface area contributed by atoms with Crippen LogP contribution in [0.15, 0.2) is 71.8 Å². The van der Waals surface area contributed by atoms with Crippen molar-refractivity contribution in [3.63, 3.8) is 0 Å². The van der Waals surface area contributed by atoms with Gasteiger partial charge < -0.3 is 15.6 Å². The minimum atomic E-state index is -0.115. The molecular formula is C26H23N5O. The van der Waals surface area contributed by atoms with Crippen molar-refractivity contribution in [3.8, 4) is 17.2 Å². The topological polar surface area (TPSA) is 93.6 Å². The fourth-order valence-electron chi connectivity index (χ4n) is 4.11. The zero-order valence-electron chi connectivity index (χ0n) is 17.6. The summed E-state index contributed by atoms with van der Waals surface area (Å²) in [5.41, 5.74) is 6.89. The number of aromatic nitrogens is 2. The molecule has 2 heterocycles. The summed E-state index contributed by atoms with van der Waals surface area (Å²) in [6.07, 6.45) is 5.97. The number of fused-ring (bicyclic) bond motifs is 1. The molecule has 158 valence electrons. The highest BCUT2D eigenvalue weighted by atomic mass is 16.1. The fraction of sp³-hybridized carbons (Fsp3) is 0.192. The fourth-order valence-corrected chi connectivity index (χ4v) is 4.11. The molecule has 2 aromatic carbocycles. The second kappa shape index (κ2) is 8.56. The van der Waals surface area contributed by atoms with Crippen molar-refractivity contribution >= 4 is 22.3 Å². The summed E-state index contributed by atoms with van der Waals surface area (Å²) in [5, 5.41) is 17.1. The van der Waals surface area contributed by atoms with Crippen molar-refractivity contribution in [2.45, 2.75) is 18.8 Å². The van der Waals surface area contributed by atoms with E-state index in [2.05, 4.69) is 39.9 Å². The second-order valence-electron chi connectivity index (χ2n) is 8.05. The molecule has 6 heteroatoms. The third-order valence-electron chi connectivity index (χ3n) is 5.79. The molecule has 0 atom stereocenters. The average molecular weight is 422 g/mol. The lowest BCUT2D eigenvalue weighted by atomic mass is 9.96. The van der Waals surface area contributed by atoms with Crippen molar-refractivity contribution < 1.29 is 0 Å². The number of hydrogen-bond donors (Lipinski definition) is 3. The largest absolute Gasteiger partial charge is 0.383 e. The van der Waals surface area contributed by atoms with Crippen LogP contribution in [0.3, 0.4) is 0 Å². The average Bonchev–Trinajstić information content (AvgIpc) is 3.66. The maximum atomic E-state index is 11.4. The summed E-state index contributed by atoms with van der Waals surface area (Å²) in [6.45, 7) is 1.41. The maximum Gasteiger partial charge on any atom is 0.249 e. The van der Waals surface area contributed by atoms with E-state index in [1.807, 2.05) is 36.5 Å². The van der Waals surface area contributed by atoms with Gasteiger partial charge in [0.25, 0.3) is 0 Å². The highest BCUT2D eigenvalue weighted by molar-refractivity contribution is 5.98. The monoisotopic (exact) mass is 421 g/mol. The third kappa shape index (κ3) is 4.06. The van der Waals surface area contributed by atoms with E-state index in [0.29, 0.717) is 18.0 Å². The molecule has 0 amide bonds. The number of nitriles is 1. The van der Waals surface area contributed by atoms with E-state index in [9.17, 15) is 4.79 Å². The molecule has 1 aliphatic rings. The number of benzene rings is 2. The van der Waals surface area contributed by atoms with Gasteiger partial charge in [-0.2, -0.15) is 5.26 Å². The normalized spacial score (nSPS) is 13.0. The molecular weight excluding hydrogens is 398 g/mol. The molecule has 0 bridgehead atoms. The summed E-state index contributed by atoms with van der Waals surface area (Å²) in [7, 11) is 0. The van der Waals surface area contributed by atoms with Gasteiger partial charge in [0, 0.05) is 42.0 Å². The molecule has 1 aliphatic carbocycles. The number of anilines is 2. The van der Waals surface area contributed by atoms with Gasteiger partial charge in [0.2, 0.25) is 5.56 Å². The SMILES string of the molecule is N#Cc1ccc(-c2cccc3c(C4CC4)c(NCCNc4cc[nH]c(=O)c4)cnc23)cc1. The summed E-state index contributed by atoms with van der Waals surface area (Å²) in [4.78, 5) is 18.9. The van der Waals surface area contributed by atoms with Gasteiger partial charge in [0.05, 0.1) is 29.0 Å². The van der Waals surface area contributed by atoms with Crippen LogP contribution in [0.1, 0.15) is 29.9 Å². The minimum absolute atomic E-state index is 0.115. The Kier molecular flexibility index (Phi) is 5.30. The molecule has 0 unspecified atom stereocenters. The van der Waals surface area contributed by atoms with Crippen molar-refractivity contribution in [2.75, 3.05) is 23.7 Å². The first-order chi connectivity index (χ1) is 15.7. The smallest absolute Gasteiger partial charge is 0.249 e. The van der Waals surface area contributed by atoms with Crippen LogP contribution in [0, 0.1) is 11.3 Å². The van der Waals surface area contributed by atoms with Gasteiger partial charge in [0.1, 0.15) is 0 Å². The lowest BCUT2D eigenvalue weighted by Crippen LogP contribution is -2.16. The summed E-state index contributed by atoms with van der Waals surface area (Å²) >= 11 is 0. The second-order valence-corrected chi connectivity index (χ2v) is 8.05. The third-order valence-corrected chi connectivity index (χ3v) is 5.79. The van der Waals surface area contributed by atoms with Gasteiger partial charge in [0.15, 0.2) is 0 Å². The first-order valence-electron chi connectivity index (χ1n) is 10.8. The van der Waals surface area contributed by atoms with Crippen LogP contribution in [-0.4, -0.2) is 23.1 Å². The van der Waals surface area contributed by atoms with E-state index in [4.69, 9.17) is 10.2 Å². The molecule has 0 aliphatic heterocycles. The Morgan fingerprint density at radius 1 is 1.06 bits per heavy atom. The molecule has 1 saturated carbocycles. The van der Waals surface area contributed by atoms with Crippen LogP contribution >= 0.6 is 0 Å². The Morgan fingerprint density at radius 2 is 1.88 bits per heavy atom. The molecule has 2 aromatic heterocycles. The van der Waals surface area contributed by atoms with E-state index in [-0.39, 0.29) is 5.56 Å². The summed E-state index contributed by atoms with van der Waals surface area (Å²) in [6, 6.07) is 19.6. The lowest BCUT2D eigenvalue weighted by Gasteiger charge is -2.16. The number of pyridine rings is 2. The zero-order valence-corrected chi connectivity index (χ0v) is 17.6. The van der Waals surface area contributed by atoms with Gasteiger partial charge in [-0.1, -0.05) is 30.3 Å². The number of aromatic amines is 1. The van der Waals surface area contributed by atoms with Crippen LogP contribution in [0.2, 0.25) is 0 Å². The molecule has 6 nitrogen and oxygen atoms in total. The van der Waals surface area contributed by atoms with E-state index in [0.717, 1.165) is 34.6 Å². The first kappa shape index (κ1) is 19.8. The van der Waals surface area contributed by atoms with Crippen molar-refractivity contribution in [1.29, 1.82) is 5.26 Å². The van der Waals surface area contributed by atoms with Gasteiger partial charge >= 0.3 is 0 Å². The number of H-pyrrole nitrogens is 1. The van der Waals surface area contributed by atoms with Crippen LogP contribution < -0.4 is 16.2 Å². The molecule has 4 aromatic rings. The number of para-hydroxylation sites is 1. The number of nitrogens with one attached hydrogen (secondary N) is 3. The highest BCUT2D eigenvalue weighted by Crippen LogP contribution is 2.47. The Morgan fingerprint density at radius 3 is 2.62 bits per heavy atom. The van der Waals surface area contributed by atoms with Gasteiger partial charge in [-0.05, 0) is 48.1 Å². The summed E-state index contributed by atoms with van der Waals surface area (Å²) in [5.74, 6) is 0.555. The number of rotatable bonds is 7. The zero-order chi connectivity index (χ0) is 21.9. The highest BCUT2D eigenvalue weighted by Gasteiger charge is 2.29. The van der Waals surface area contributed by atoms with E-state index < -0.39 is 0 Å². The molecule has 0 radical (unpaired) electrons. The predicted molar refractivity (Wildman–Crippen MR) is 128 cm³/mol. The summed E-state index contributed by atoms with van der Waals surface area (Å²) < 4.78 is 0. The molecule has 0 spiro atoms. The van der Waals surface area contributed by atoms with Crippen LogP contribution in [0.4, 0.5) is 11.4 Å². The van der Waals surface area contributed by atoms with Crippen LogP contribution in [0.5, 0.6) is 0 Å². The van der Waals surface area contributed by atoms with E-state index >= 15 is 0 Å². The van der Waals surface area contributed by atoms with Gasteiger partial charge in [-0.15, -0.1) is 0 Å². The quantitative estimate of drug-likeness (QED) is 0.371. The Hall–Kier alpha value is -4.11. The molecule has 32 heavy (non-hydrogen) atoms. The number of hydrogen-bond acceptors (Lipinski definition) is 5. The van der Waals surface area contributed by atoms with Crippen molar-refractivity contribution in [3.05, 3.63) is 88.5 Å². The van der Waals surface area contributed by atoms with Gasteiger partial charge in [-0.3, -0.25) is 9.78 Å². The molecule has 0 saturated heterocycles. The lowest BCUT2D eigenvalue weighted by molar-refractivity contribution is 1.05. The Bertz CT molecular complexity index is 1360. The van der Waals surface area contributed by atoms with Crippen LogP contribution in [-0.2, 0) is 0 Å². The van der Waals surface area contributed by atoms with E-state index in [1.165, 1.54) is 23.8 Å². The van der Waals surface area contributed by atoms with E-state index in [1.54, 1.807) is 12.3 Å². The standard InChI is InChI=1S/C26H23N5O/c27-15-17-4-6-18(7-5-17)21-2-1-3-22-25(19-8-9-19)23(16-31-26(21)22)29-13-12-28-20-10-11-30-24(32)14-20/h1-7,10-11,14,16,19,29H,8-9,12-13H2,(H2,28,30,32). The first-order valence-corrected chi connectivity index (χ1v) is 10.8. The molecule has 3 N–H and O–H groups in total. The number of nitrogens with zero attached hydrogens (tertiary/aromatic N) is 2. The van der Waals surface area contributed by atoms with Crippen LogP contribution in [0.25, 0.3) is 22.0 Å². The molecule has 5 rings (SSSR count). The minimum Gasteiger partial charge on any atom is -0.383 e. The predicted octanol–water partition coefficient (Wildman–Crippen LogP) is 4.86. The van der Waals surface area contributed by atoms with Crippen molar-refractivity contribution in [2.24, 2.45) is 0 Å². The van der Waals surface area contributed by atoms with Gasteiger partial charge in [-0.25, -0.2) is 0 Å². The van der Waals surface area contributed by atoms with Crippen molar-refractivity contribution in [1.82, 2.24) is 9.97 Å². The maximum absolute atomic E-state index is 11.4. The Labute approximate surface area is 186 Å².